The van der Waals surface area contributed by atoms with Gasteiger partial charge < -0.3 is 14.4 Å². The number of ether oxygens (including phenoxy) is 2. The van der Waals surface area contributed by atoms with Crippen molar-refractivity contribution in [2.75, 3.05) is 20.2 Å². The third-order valence-corrected chi connectivity index (χ3v) is 5.23. The first-order valence-electron chi connectivity index (χ1n) is 9.45. The van der Waals surface area contributed by atoms with Crippen LogP contribution in [0.4, 0.5) is 0 Å². The van der Waals surface area contributed by atoms with E-state index < -0.39 is 0 Å². The van der Waals surface area contributed by atoms with E-state index >= 15 is 0 Å². The van der Waals surface area contributed by atoms with Crippen molar-refractivity contribution in [1.82, 2.24) is 4.90 Å². The number of hydrogen-bond acceptors (Lipinski definition) is 3. The molecule has 136 valence electrons. The molecule has 3 rings (SSSR count). The molecule has 0 N–H and O–H groups in total. The molecule has 0 radical (unpaired) electrons. The normalized spacial score (nSPS) is 18.8. The lowest BCUT2D eigenvalue weighted by molar-refractivity contribution is -0.133. The lowest BCUT2D eigenvalue weighted by atomic mass is 9.96. The number of carbonyl (C=O) groups excluding carboxylic acids is 1. The zero-order valence-electron chi connectivity index (χ0n) is 15.2. The van der Waals surface area contributed by atoms with Crippen molar-refractivity contribution in [2.45, 2.75) is 57.7 Å². The first-order chi connectivity index (χ1) is 12.3. The second-order valence-electron chi connectivity index (χ2n) is 6.99. The smallest absolute Gasteiger partial charge is 0.226 e. The van der Waals surface area contributed by atoms with Crippen LogP contribution in [0.25, 0.3) is 0 Å². The lowest BCUT2D eigenvalue weighted by Gasteiger charge is -2.32. The van der Waals surface area contributed by atoms with Gasteiger partial charge in [0.1, 0.15) is 5.75 Å². The molecule has 0 atom stereocenters. The molecule has 2 aliphatic rings. The number of piperidine rings is 1. The SMILES string of the molecule is COc1ccccc1COC1CCN(C(=O)CC2=CCCCC2)CC1. The first kappa shape index (κ1) is 18.0. The average Bonchev–Trinajstić information content (AvgIpc) is 2.67. The molecule has 1 heterocycles. The van der Waals surface area contributed by atoms with Crippen LogP contribution in [0.15, 0.2) is 35.9 Å². The minimum Gasteiger partial charge on any atom is -0.496 e. The fraction of sp³-hybridized carbons (Fsp3) is 0.571. The highest BCUT2D eigenvalue weighted by molar-refractivity contribution is 5.78. The van der Waals surface area contributed by atoms with Crippen LogP contribution in [0.5, 0.6) is 5.75 Å². The second kappa shape index (κ2) is 9.04. The van der Waals surface area contributed by atoms with Gasteiger partial charge in [0.15, 0.2) is 0 Å². The van der Waals surface area contributed by atoms with E-state index in [0.29, 0.717) is 13.0 Å². The van der Waals surface area contributed by atoms with Gasteiger partial charge in [0.05, 0.1) is 19.8 Å². The van der Waals surface area contributed by atoms with Gasteiger partial charge in [0, 0.05) is 25.1 Å². The van der Waals surface area contributed by atoms with Crippen LogP contribution in [0.1, 0.15) is 50.5 Å². The Bertz CT molecular complexity index is 603. The summed E-state index contributed by atoms with van der Waals surface area (Å²) in [5.74, 6) is 1.16. The van der Waals surface area contributed by atoms with E-state index in [1.54, 1.807) is 7.11 Å². The van der Waals surface area contributed by atoms with Crippen molar-refractivity contribution in [3.8, 4) is 5.75 Å². The fourth-order valence-corrected chi connectivity index (χ4v) is 3.67. The highest BCUT2D eigenvalue weighted by Crippen LogP contribution is 2.24. The number of carbonyl (C=O) groups is 1. The van der Waals surface area contributed by atoms with Gasteiger partial charge in [0.2, 0.25) is 5.91 Å². The molecular formula is C21H29NO3. The van der Waals surface area contributed by atoms with E-state index in [2.05, 4.69) is 6.08 Å². The summed E-state index contributed by atoms with van der Waals surface area (Å²) in [6, 6.07) is 7.96. The van der Waals surface area contributed by atoms with Crippen LogP contribution >= 0.6 is 0 Å². The summed E-state index contributed by atoms with van der Waals surface area (Å²) < 4.78 is 11.4. The van der Waals surface area contributed by atoms with Crippen molar-refractivity contribution < 1.29 is 14.3 Å². The topological polar surface area (TPSA) is 38.8 Å². The maximum Gasteiger partial charge on any atom is 0.226 e. The number of benzene rings is 1. The monoisotopic (exact) mass is 343 g/mol. The predicted molar refractivity (Wildman–Crippen MR) is 98.6 cm³/mol. The van der Waals surface area contributed by atoms with Crippen LogP contribution in [-0.2, 0) is 16.1 Å². The number of likely N-dealkylation sites (tertiary alicyclic amines) is 1. The number of methoxy groups -OCH3 is 1. The van der Waals surface area contributed by atoms with Crippen LogP contribution in [0.2, 0.25) is 0 Å². The van der Waals surface area contributed by atoms with Crippen molar-refractivity contribution in [3.05, 3.63) is 41.5 Å². The highest BCUT2D eigenvalue weighted by atomic mass is 16.5. The van der Waals surface area contributed by atoms with Gasteiger partial charge in [-0.05, 0) is 44.6 Å². The third kappa shape index (κ3) is 5.08. The molecule has 1 aliphatic carbocycles. The summed E-state index contributed by atoms with van der Waals surface area (Å²) in [6.45, 7) is 2.18. The first-order valence-corrected chi connectivity index (χ1v) is 9.45. The Balaban J connectivity index is 1.42. The van der Waals surface area contributed by atoms with Crippen LogP contribution in [0.3, 0.4) is 0 Å². The lowest BCUT2D eigenvalue weighted by Crippen LogP contribution is -2.41. The molecule has 1 aromatic rings. The third-order valence-electron chi connectivity index (χ3n) is 5.23. The second-order valence-corrected chi connectivity index (χ2v) is 6.99. The van der Waals surface area contributed by atoms with Crippen molar-refractivity contribution >= 4 is 5.91 Å². The Morgan fingerprint density at radius 3 is 2.72 bits per heavy atom. The molecule has 0 saturated carbocycles. The molecule has 4 heteroatoms. The molecule has 1 aliphatic heterocycles. The van der Waals surface area contributed by atoms with Gasteiger partial charge in [-0.25, -0.2) is 0 Å². The number of para-hydroxylation sites is 1. The number of rotatable bonds is 6. The highest BCUT2D eigenvalue weighted by Gasteiger charge is 2.24. The Morgan fingerprint density at radius 2 is 2.00 bits per heavy atom. The molecule has 0 spiro atoms. The zero-order chi connectivity index (χ0) is 17.5. The largest absolute Gasteiger partial charge is 0.496 e. The summed E-state index contributed by atoms with van der Waals surface area (Å²) in [5.41, 5.74) is 2.42. The van der Waals surface area contributed by atoms with Gasteiger partial charge in [-0.1, -0.05) is 29.8 Å². The molecule has 0 unspecified atom stereocenters. The minimum atomic E-state index is 0.225. The molecular weight excluding hydrogens is 314 g/mol. The number of hydrogen-bond donors (Lipinski definition) is 0. The summed E-state index contributed by atoms with van der Waals surface area (Å²) in [4.78, 5) is 14.5. The van der Waals surface area contributed by atoms with E-state index in [1.807, 2.05) is 29.2 Å². The molecule has 1 aromatic carbocycles. The maximum absolute atomic E-state index is 12.5. The minimum absolute atomic E-state index is 0.225. The fourth-order valence-electron chi connectivity index (χ4n) is 3.67. The van der Waals surface area contributed by atoms with E-state index in [0.717, 1.165) is 50.1 Å². The van der Waals surface area contributed by atoms with Gasteiger partial charge in [-0.3, -0.25) is 4.79 Å². The predicted octanol–water partition coefficient (Wildman–Crippen LogP) is 4.09. The van der Waals surface area contributed by atoms with Crippen molar-refractivity contribution in [2.24, 2.45) is 0 Å². The van der Waals surface area contributed by atoms with Crippen LogP contribution in [0, 0.1) is 0 Å². The van der Waals surface area contributed by atoms with Crippen molar-refractivity contribution in [1.29, 1.82) is 0 Å². The van der Waals surface area contributed by atoms with Crippen LogP contribution < -0.4 is 4.74 Å². The van der Waals surface area contributed by atoms with E-state index in [4.69, 9.17) is 9.47 Å². The summed E-state index contributed by atoms with van der Waals surface area (Å²) >= 11 is 0. The van der Waals surface area contributed by atoms with Gasteiger partial charge >= 0.3 is 0 Å². The van der Waals surface area contributed by atoms with Crippen LogP contribution in [-0.4, -0.2) is 37.1 Å². The molecule has 25 heavy (non-hydrogen) atoms. The van der Waals surface area contributed by atoms with E-state index in [-0.39, 0.29) is 12.0 Å². The standard InChI is InChI=1S/C21H29NO3/c1-24-20-10-6-5-9-18(20)16-25-19-11-13-22(14-12-19)21(23)15-17-7-3-2-4-8-17/h5-7,9-10,19H,2-4,8,11-16H2,1H3. The average molecular weight is 343 g/mol. The van der Waals surface area contributed by atoms with Gasteiger partial charge in [-0.2, -0.15) is 0 Å². The van der Waals surface area contributed by atoms with Gasteiger partial charge in [-0.15, -0.1) is 0 Å². The van der Waals surface area contributed by atoms with E-state index in [1.165, 1.54) is 18.4 Å². The molecule has 4 nitrogen and oxygen atoms in total. The van der Waals surface area contributed by atoms with Crippen molar-refractivity contribution in [3.63, 3.8) is 0 Å². The quantitative estimate of drug-likeness (QED) is 0.730. The molecule has 1 amide bonds. The van der Waals surface area contributed by atoms with Gasteiger partial charge in [0.25, 0.3) is 0 Å². The number of nitrogens with zero attached hydrogens (tertiary/aromatic N) is 1. The maximum atomic E-state index is 12.5. The Hall–Kier alpha value is -1.81. The summed E-state index contributed by atoms with van der Waals surface area (Å²) in [6.07, 6.45) is 9.69. The Morgan fingerprint density at radius 1 is 1.20 bits per heavy atom. The Kier molecular flexibility index (Phi) is 6.51. The zero-order valence-corrected chi connectivity index (χ0v) is 15.2. The number of amides is 1. The van der Waals surface area contributed by atoms with E-state index in [9.17, 15) is 4.79 Å². The molecule has 0 bridgehead atoms. The molecule has 1 fully saturated rings. The molecule has 0 aromatic heterocycles. The summed E-state index contributed by atoms with van der Waals surface area (Å²) in [5, 5.41) is 0. The summed E-state index contributed by atoms with van der Waals surface area (Å²) in [7, 11) is 1.69. The Labute approximate surface area is 150 Å². The molecule has 1 saturated heterocycles. The number of allylic oxidation sites excluding steroid dienone is 1.